The quantitative estimate of drug-likeness (QED) is 0.356. The van der Waals surface area contributed by atoms with Gasteiger partial charge in [-0.3, -0.25) is 0 Å². The SMILES string of the molecule is COc1cc(/C=N/Nc2nc(-c3ccc(Cl)cc3)c(C#N)c(N3CCOCC3)n2)cc(OC)c1OC. The van der Waals surface area contributed by atoms with E-state index in [2.05, 4.69) is 26.6 Å². The summed E-state index contributed by atoms with van der Waals surface area (Å²) < 4.78 is 21.6. The van der Waals surface area contributed by atoms with Gasteiger partial charge in [0.1, 0.15) is 11.6 Å². The van der Waals surface area contributed by atoms with Crippen LogP contribution in [0.25, 0.3) is 11.3 Å². The first-order valence-corrected chi connectivity index (χ1v) is 11.5. The van der Waals surface area contributed by atoms with Crippen LogP contribution in [-0.2, 0) is 4.74 Å². The Hall–Kier alpha value is -4.07. The Labute approximate surface area is 214 Å². The molecule has 1 saturated heterocycles. The predicted octanol–water partition coefficient (Wildman–Crippen LogP) is 3.98. The number of aromatic nitrogens is 2. The molecule has 10 nitrogen and oxygen atoms in total. The molecule has 4 rings (SSSR count). The van der Waals surface area contributed by atoms with Crippen molar-refractivity contribution in [2.45, 2.75) is 0 Å². The second-order valence-corrected chi connectivity index (χ2v) is 8.08. The molecule has 1 N–H and O–H groups in total. The minimum atomic E-state index is 0.240. The minimum absolute atomic E-state index is 0.240. The normalized spacial score (nSPS) is 13.4. The van der Waals surface area contributed by atoms with Crippen LogP contribution in [0.4, 0.5) is 11.8 Å². The van der Waals surface area contributed by atoms with Crippen LogP contribution in [0.1, 0.15) is 11.1 Å². The monoisotopic (exact) mass is 508 g/mol. The van der Waals surface area contributed by atoms with Crippen molar-refractivity contribution in [1.82, 2.24) is 9.97 Å². The molecular formula is C25H25ClN6O4. The van der Waals surface area contributed by atoms with Gasteiger partial charge in [-0.15, -0.1) is 0 Å². The molecule has 1 aliphatic heterocycles. The molecule has 0 spiro atoms. The van der Waals surface area contributed by atoms with E-state index in [0.29, 0.717) is 71.2 Å². The van der Waals surface area contributed by atoms with Gasteiger partial charge < -0.3 is 23.8 Å². The summed E-state index contributed by atoms with van der Waals surface area (Å²) in [6.45, 7) is 2.32. The van der Waals surface area contributed by atoms with Crippen molar-refractivity contribution in [2.24, 2.45) is 5.10 Å². The van der Waals surface area contributed by atoms with Gasteiger partial charge in [0.25, 0.3) is 0 Å². The van der Waals surface area contributed by atoms with Gasteiger partial charge in [0.05, 0.1) is 46.5 Å². The van der Waals surface area contributed by atoms with Crippen molar-refractivity contribution >= 4 is 29.6 Å². The van der Waals surface area contributed by atoms with Gasteiger partial charge in [0, 0.05) is 29.2 Å². The Balaban J connectivity index is 1.71. The number of halogens is 1. The Kier molecular flexibility index (Phi) is 8.05. The number of nitrogens with one attached hydrogen (secondary N) is 1. The van der Waals surface area contributed by atoms with Gasteiger partial charge in [-0.25, -0.2) is 10.4 Å². The Morgan fingerprint density at radius 2 is 1.72 bits per heavy atom. The maximum Gasteiger partial charge on any atom is 0.246 e. The fourth-order valence-corrected chi connectivity index (χ4v) is 3.89. The molecule has 2 aromatic carbocycles. The maximum absolute atomic E-state index is 10.0. The van der Waals surface area contributed by atoms with Crippen LogP contribution >= 0.6 is 11.6 Å². The zero-order valence-electron chi connectivity index (χ0n) is 20.1. The highest BCUT2D eigenvalue weighted by Gasteiger charge is 2.22. The van der Waals surface area contributed by atoms with Crippen molar-refractivity contribution < 1.29 is 18.9 Å². The highest BCUT2D eigenvalue weighted by molar-refractivity contribution is 6.30. The topological polar surface area (TPSA) is 114 Å². The van der Waals surface area contributed by atoms with Crippen LogP contribution in [0.15, 0.2) is 41.5 Å². The first-order valence-electron chi connectivity index (χ1n) is 11.1. The molecule has 0 bridgehead atoms. The van der Waals surface area contributed by atoms with E-state index in [-0.39, 0.29) is 5.95 Å². The Bertz CT molecular complexity index is 1260. The molecule has 36 heavy (non-hydrogen) atoms. The van der Waals surface area contributed by atoms with Crippen LogP contribution in [0.5, 0.6) is 17.2 Å². The van der Waals surface area contributed by atoms with Gasteiger partial charge >= 0.3 is 0 Å². The summed E-state index contributed by atoms with van der Waals surface area (Å²) in [5.74, 6) is 2.26. The van der Waals surface area contributed by atoms with Crippen LogP contribution < -0.4 is 24.5 Å². The number of ether oxygens (including phenoxy) is 4. The van der Waals surface area contributed by atoms with Crippen LogP contribution in [0, 0.1) is 11.3 Å². The van der Waals surface area contributed by atoms with E-state index in [9.17, 15) is 5.26 Å². The van der Waals surface area contributed by atoms with Crippen molar-refractivity contribution in [1.29, 1.82) is 5.26 Å². The molecule has 1 fully saturated rings. The molecule has 186 valence electrons. The zero-order chi connectivity index (χ0) is 25.5. The van der Waals surface area contributed by atoms with E-state index in [1.165, 1.54) is 0 Å². The van der Waals surface area contributed by atoms with Gasteiger partial charge in [0.15, 0.2) is 17.3 Å². The molecule has 0 atom stereocenters. The molecule has 2 heterocycles. The molecule has 0 saturated carbocycles. The van der Waals surface area contributed by atoms with E-state index in [1.54, 1.807) is 51.8 Å². The summed E-state index contributed by atoms with van der Waals surface area (Å²) in [5, 5.41) is 14.9. The van der Waals surface area contributed by atoms with Crippen LogP contribution in [0.3, 0.4) is 0 Å². The van der Waals surface area contributed by atoms with Crippen molar-refractivity contribution in [3.05, 3.63) is 52.5 Å². The standard InChI is InChI=1S/C25H25ClN6O4/c1-33-20-12-16(13-21(34-2)23(20)35-3)15-28-31-25-29-22(17-4-6-18(26)7-5-17)19(14-27)24(30-25)32-8-10-36-11-9-32/h4-7,12-13,15H,8-11H2,1-3H3,(H,29,30,31)/b28-15+. The van der Waals surface area contributed by atoms with E-state index >= 15 is 0 Å². The third kappa shape index (κ3) is 5.43. The summed E-state index contributed by atoms with van der Waals surface area (Å²) >= 11 is 6.07. The fraction of sp³-hybridized carbons (Fsp3) is 0.280. The number of nitriles is 1. The summed E-state index contributed by atoms with van der Waals surface area (Å²) in [5.41, 5.74) is 5.19. The Morgan fingerprint density at radius 1 is 1.06 bits per heavy atom. The van der Waals surface area contributed by atoms with Gasteiger partial charge in [0.2, 0.25) is 11.7 Å². The average molecular weight is 509 g/mol. The number of anilines is 2. The molecule has 0 aliphatic carbocycles. The van der Waals surface area contributed by atoms with E-state index < -0.39 is 0 Å². The summed E-state index contributed by atoms with van der Waals surface area (Å²) in [4.78, 5) is 11.2. The lowest BCUT2D eigenvalue weighted by molar-refractivity contribution is 0.122. The van der Waals surface area contributed by atoms with Gasteiger partial charge in [-0.1, -0.05) is 23.7 Å². The molecule has 1 aromatic heterocycles. The number of morpholine rings is 1. The second kappa shape index (κ2) is 11.6. The zero-order valence-corrected chi connectivity index (χ0v) is 20.9. The number of benzene rings is 2. The smallest absolute Gasteiger partial charge is 0.246 e. The number of hydrogen-bond donors (Lipinski definition) is 1. The number of nitrogens with zero attached hydrogens (tertiary/aromatic N) is 5. The first-order chi connectivity index (χ1) is 17.6. The lowest BCUT2D eigenvalue weighted by atomic mass is 10.1. The van der Waals surface area contributed by atoms with Crippen molar-refractivity contribution in [3.63, 3.8) is 0 Å². The summed E-state index contributed by atoms with van der Waals surface area (Å²) in [7, 11) is 4.64. The molecule has 0 unspecified atom stereocenters. The third-order valence-electron chi connectivity index (χ3n) is 5.50. The molecule has 1 aliphatic rings. The number of hydrogen-bond acceptors (Lipinski definition) is 10. The molecule has 0 radical (unpaired) electrons. The fourth-order valence-electron chi connectivity index (χ4n) is 3.76. The average Bonchev–Trinajstić information content (AvgIpc) is 2.92. The van der Waals surface area contributed by atoms with Crippen molar-refractivity contribution in [2.75, 3.05) is 58.0 Å². The van der Waals surface area contributed by atoms with E-state index in [1.807, 2.05) is 17.0 Å². The number of hydrazone groups is 1. The largest absolute Gasteiger partial charge is 0.493 e. The van der Waals surface area contributed by atoms with Crippen LogP contribution in [0.2, 0.25) is 5.02 Å². The predicted molar refractivity (Wildman–Crippen MR) is 138 cm³/mol. The highest BCUT2D eigenvalue weighted by Crippen LogP contribution is 2.38. The molecule has 0 amide bonds. The summed E-state index contributed by atoms with van der Waals surface area (Å²) in [6, 6.07) is 13.0. The maximum atomic E-state index is 10.0. The third-order valence-corrected chi connectivity index (χ3v) is 5.75. The Morgan fingerprint density at radius 3 is 2.31 bits per heavy atom. The number of methoxy groups -OCH3 is 3. The van der Waals surface area contributed by atoms with Crippen molar-refractivity contribution in [3.8, 4) is 34.6 Å². The molecule has 3 aromatic rings. The van der Waals surface area contributed by atoms with E-state index in [0.717, 1.165) is 5.56 Å². The molecule has 11 heteroatoms. The van der Waals surface area contributed by atoms with Gasteiger partial charge in [-0.2, -0.15) is 15.3 Å². The van der Waals surface area contributed by atoms with Crippen LogP contribution in [-0.4, -0.2) is 63.8 Å². The lowest BCUT2D eigenvalue weighted by Gasteiger charge is -2.29. The summed E-state index contributed by atoms with van der Waals surface area (Å²) in [6.07, 6.45) is 1.59. The minimum Gasteiger partial charge on any atom is -0.493 e. The van der Waals surface area contributed by atoms with E-state index in [4.69, 9.17) is 30.5 Å². The lowest BCUT2D eigenvalue weighted by Crippen LogP contribution is -2.37. The van der Waals surface area contributed by atoms with Gasteiger partial charge in [-0.05, 0) is 24.3 Å². The second-order valence-electron chi connectivity index (χ2n) is 7.64. The first kappa shape index (κ1) is 25.0. The number of rotatable bonds is 8. The highest BCUT2D eigenvalue weighted by atomic mass is 35.5. The molecular weight excluding hydrogens is 484 g/mol.